The molecule has 0 radical (unpaired) electrons. The molecule has 0 aliphatic carbocycles. The van der Waals surface area contributed by atoms with Crippen LogP contribution in [0.1, 0.15) is 0 Å². The molecule has 0 aliphatic heterocycles. The first-order valence-corrected chi connectivity index (χ1v) is 8.59. The standard InChI is InChI=1S/C10H15BrOSi/c1-12-9-7-5-6-8(11)10(9)13(2,3)4/h5-7H,1-4H3. The van der Waals surface area contributed by atoms with E-state index in [1.807, 2.05) is 12.1 Å². The predicted molar refractivity (Wildman–Crippen MR) is 63.7 cm³/mol. The topological polar surface area (TPSA) is 9.23 Å². The Morgan fingerprint density at radius 3 is 2.23 bits per heavy atom. The van der Waals surface area contributed by atoms with Crippen molar-refractivity contribution < 1.29 is 4.74 Å². The largest absolute Gasteiger partial charge is 0.497 e. The van der Waals surface area contributed by atoms with E-state index in [0.29, 0.717) is 0 Å². The highest BCUT2D eigenvalue weighted by atomic mass is 79.9. The maximum atomic E-state index is 5.36. The van der Waals surface area contributed by atoms with E-state index >= 15 is 0 Å². The summed E-state index contributed by atoms with van der Waals surface area (Å²) in [6, 6.07) is 6.11. The lowest BCUT2D eigenvalue weighted by molar-refractivity contribution is 0.417. The van der Waals surface area contributed by atoms with Crippen molar-refractivity contribution >= 4 is 29.2 Å². The summed E-state index contributed by atoms with van der Waals surface area (Å²) < 4.78 is 6.53. The summed E-state index contributed by atoms with van der Waals surface area (Å²) in [5.74, 6) is 1.01. The SMILES string of the molecule is COc1cccc(Br)c1[Si](C)(C)C. The summed E-state index contributed by atoms with van der Waals surface area (Å²) >= 11 is 3.58. The quantitative estimate of drug-likeness (QED) is 0.742. The summed E-state index contributed by atoms with van der Waals surface area (Å²) in [6.45, 7) is 6.95. The number of hydrogen-bond acceptors (Lipinski definition) is 1. The van der Waals surface area contributed by atoms with E-state index in [9.17, 15) is 0 Å². The molecule has 0 bridgehead atoms. The number of hydrogen-bond donors (Lipinski definition) is 0. The van der Waals surface area contributed by atoms with Crippen molar-refractivity contribution in [2.24, 2.45) is 0 Å². The third-order valence-corrected chi connectivity index (χ3v) is 4.99. The molecule has 0 N–H and O–H groups in total. The van der Waals surface area contributed by atoms with Gasteiger partial charge in [-0.15, -0.1) is 0 Å². The Balaban J connectivity index is 3.32. The van der Waals surface area contributed by atoms with E-state index in [-0.39, 0.29) is 0 Å². The highest BCUT2D eigenvalue weighted by Crippen LogP contribution is 2.20. The minimum atomic E-state index is -1.32. The molecule has 1 aromatic carbocycles. The molecule has 0 amide bonds. The number of halogens is 1. The van der Waals surface area contributed by atoms with E-state index in [2.05, 4.69) is 41.6 Å². The number of ether oxygens (including phenoxy) is 1. The zero-order valence-electron chi connectivity index (χ0n) is 8.52. The first-order chi connectivity index (χ1) is 5.96. The van der Waals surface area contributed by atoms with Crippen LogP contribution in [0.2, 0.25) is 19.6 Å². The smallest absolute Gasteiger partial charge is 0.119 e. The second-order valence-corrected chi connectivity index (χ2v) is 9.92. The lowest BCUT2D eigenvalue weighted by Gasteiger charge is -2.21. The second-order valence-electron chi connectivity index (χ2n) is 4.07. The van der Waals surface area contributed by atoms with Crippen LogP contribution in [-0.2, 0) is 0 Å². The summed E-state index contributed by atoms with van der Waals surface area (Å²) in [7, 11) is 0.412. The minimum absolute atomic E-state index is 1.01. The third kappa shape index (κ3) is 2.35. The fourth-order valence-corrected chi connectivity index (χ4v) is 5.26. The molecule has 72 valence electrons. The van der Waals surface area contributed by atoms with Crippen molar-refractivity contribution in [3.05, 3.63) is 22.7 Å². The Hall–Kier alpha value is -0.283. The van der Waals surface area contributed by atoms with Crippen molar-refractivity contribution in [3.63, 3.8) is 0 Å². The molecular weight excluding hydrogens is 244 g/mol. The Kier molecular flexibility index (Phi) is 3.19. The van der Waals surface area contributed by atoms with Crippen LogP contribution in [0.25, 0.3) is 0 Å². The lowest BCUT2D eigenvalue weighted by atomic mass is 10.3. The third-order valence-electron chi connectivity index (χ3n) is 1.95. The molecule has 1 rings (SSSR count). The fraction of sp³-hybridized carbons (Fsp3) is 0.400. The van der Waals surface area contributed by atoms with E-state index in [1.165, 1.54) is 9.66 Å². The van der Waals surface area contributed by atoms with Crippen LogP contribution in [-0.4, -0.2) is 15.2 Å². The first kappa shape index (κ1) is 10.8. The summed E-state index contributed by atoms with van der Waals surface area (Å²) in [6.07, 6.45) is 0. The summed E-state index contributed by atoms with van der Waals surface area (Å²) in [4.78, 5) is 0. The molecule has 0 heterocycles. The molecule has 0 aromatic heterocycles. The molecule has 0 atom stereocenters. The maximum Gasteiger partial charge on any atom is 0.119 e. The zero-order valence-corrected chi connectivity index (χ0v) is 11.1. The van der Waals surface area contributed by atoms with Crippen molar-refractivity contribution in [2.75, 3.05) is 7.11 Å². The number of rotatable bonds is 2. The number of benzene rings is 1. The van der Waals surface area contributed by atoms with Crippen LogP contribution >= 0.6 is 15.9 Å². The molecule has 13 heavy (non-hydrogen) atoms. The van der Waals surface area contributed by atoms with Crippen molar-refractivity contribution in [1.29, 1.82) is 0 Å². The van der Waals surface area contributed by atoms with Crippen molar-refractivity contribution in [3.8, 4) is 5.75 Å². The van der Waals surface area contributed by atoms with Gasteiger partial charge in [-0.05, 0) is 17.3 Å². The maximum absolute atomic E-state index is 5.36. The van der Waals surface area contributed by atoms with Gasteiger partial charge in [0.25, 0.3) is 0 Å². The van der Waals surface area contributed by atoms with Gasteiger partial charge in [0.05, 0.1) is 15.2 Å². The highest BCUT2D eigenvalue weighted by molar-refractivity contribution is 9.10. The molecule has 0 saturated carbocycles. The van der Waals surface area contributed by atoms with Gasteiger partial charge in [0, 0.05) is 4.47 Å². The molecule has 1 nitrogen and oxygen atoms in total. The predicted octanol–water partition coefficient (Wildman–Crippen LogP) is 3.00. The van der Waals surface area contributed by atoms with Crippen molar-refractivity contribution in [2.45, 2.75) is 19.6 Å². The first-order valence-electron chi connectivity index (χ1n) is 4.30. The fourth-order valence-electron chi connectivity index (χ4n) is 1.40. The van der Waals surface area contributed by atoms with Gasteiger partial charge in [0.1, 0.15) is 5.75 Å². The molecule has 1 aromatic rings. The van der Waals surface area contributed by atoms with E-state index in [1.54, 1.807) is 7.11 Å². The average molecular weight is 259 g/mol. The zero-order chi connectivity index (χ0) is 10.1. The van der Waals surface area contributed by atoms with Gasteiger partial charge in [0.15, 0.2) is 0 Å². The van der Waals surface area contributed by atoms with Crippen LogP contribution in [0.3, 0.4) is 0 Å². The van der Waals surface area contributed by atoms with Gasteiger partial charge in [-0.1, -0.05) is 41.6 Å². The molecule has 0 unspecified atom stereocenters. The van der Waals surface area contributed by atoms with Crippen LogP contribution in [0.5, 0.6) is 5.75 Å². The van der Waals surface area contributed by atoms with E-state index in [0.717, 1.165) is 5.75 Å². The Bertz CT molecular complexity index is 304. The van der Waals surface area contributed by atoms with Gasteiger partial charge in [-0.2, -0.15) is 0 Å². The average Bonchev–Trinajstić information content (AvgIpc) is 2.01. The molecule has 0 saturated heterocycles. The molecular formula is C10H15BrOSi. The van der Waals surface area contributed by atoms with Gasteiger partial charge in [-0.25, -0.2) is 0 Å². The molecule has 3 heteroatoms. The monoisotopic (exact) mass is 258 g/mol. The minimum Gasteiger partial charge on any atom is -0.497 e. The Morgan fingerprint density at radius 2 is 1.85 bits per heavy atom. The van der Waals surface area contributed by atoms with Gasteiger partial charge in [-0.3, -0.25) is 0 Å². The van der Waals surface area contributed by atoms with Gasteiger partial charge < -0.3 is 4.74 Å². The number of methoxy groups -OCH3 is 1. The Morgan fingerprint density at radius 1 is 1.23 bits per heavy atom. The van der Waals surface area contributed by atoms with Crippen molar-refractivity contribution in [1.82, 2.24) is 0 Å². The van der Waals surface area contributed by atoms with Crippen LogP contribution in [0.4, 0.5) is 0 Å². The summed E-state index contributed by atoms with van der Waals surface area (Å²) in [5, 5.41) is 1.36. The van der Waals surface area contributed by atoms with Crippen LogP contribution in [0.15, 0.2) is 22.7 Å². The van der Waals surface area contributed by atoms with Gasteiger partial charge in [0.2, 0.25) is 0 Å². The normalized spacial score (nSPS) is 11.5. The lowest BCUT2D eigenvalue weighted by Crippen LogP contribution is -2.39. The van der Waals surface area contributed by atoms with E-state index in [4.69, 9.17) is 4.74 Å². The highest BCUT2D eigenvalue weighted by Gasteiger charge is 2.23. The van der Waals surface area contributed by atoms with E-state index < -0.39 is 8.07 Å². The molecule has 0 spiro atoms. The van der Waals surface area contributed by atoms with Crippen LogP contribution in [0, 0.1) is 0 Å². The second kappa shape index (κ2) is 3.84. The molecule has 0 fully saturated rings. The summed E-state index contributed by atoms with van der Waals surface area (Å²) in [5.41, 5.74) is 0. The molecule has 0 aliphatic rings. The van der Waals surface area contributed by atoms with Gasteiger partial charge >= 0.3 is 0 Å². The Labute approximate surface area is 89.3 Å². The van der Waals surface area contributed by atoms with Crippen LogP contribution < -0.4 is 9.92 Å².